The molecule has 2 saturated carbocycles. The van der Waals surface area contributed by atoms with Crippen molar-refractivity contribution in [2.24, 2.45) is 16.7 Å². The number of hydrogen-bond acceptors (Lipinski definition) is 4. The van der Waals surface area contributed by atoms with Crippen LogP contribution in [0.2, 0.25) is 0 Å². The fraction of sp³-hybridized carbons (Fsp3) is 0.720. The SMILES string of the molecule is CC1(C)[C@@H]2CC[C@@]1(CS(=O)(=O)N1CCC3(CCc4ccccc43)CC1)[C@@H](NCC#N)C2. The third kappa shape index (κ3) is 3.11. The van der Waals surface area contributed by atoms with Gasteiger partial charge in [0.05, 0.1) is 18.4 Å². The second-order valence-electron chi connectivity index (χ2n) is 11.0. The van der Waals surface area contributed by atoms with E-state index in [0.29, 0.717) is 25.6 Å². The molecular weight excluding hydrogens is 406 g/mol. The number of benzene rings is 1. The number of hydrogen-bond donors (Lipinski definition) is 1. The zero-order valence-electron chi connectivity index (χ0n) is 18.9. The van der Waals surface area contributed by atoms with E-state index >= 15 is 0 Å². The van der Waals surface area contributed by atoms with Gasteiger partial charge in [-0.05, 0) is 72.8 Å². The van der Waals surface area contributed by atoms with E-state index in [1.807, 2.05) is 0 Å². The summed E-state index contributed by atoms with van der Waals surface area (Å²) in [4.78, 5) is 0. The third-order valence-corrected chi connectivity index (χ3v) is 11.9. The number of sulfonamides is 1. The quantitative estimate of drug-likeness (QED) is 0.709. The van der Waals surface area contributed by atoms with Crippen molar-refractivity contribution in [1.82, 2.24) is 9.62 Å². The van der Waals surface area contributed by atoms with E-state index in [1.165, 1.54) is 11.1 Å². The van der Waals surface area contributed by atoms with Gasteiger partial charge in [-0.3, -0.25) is 0 Å². The Kier molecular flexibility index (Phi) is 5.04. The lowest BCUT2D eigenvalue weighted by Crippen LogP contribution is -2.54. The van der Waals surface area contributed by atoms with Gasteiger partial charge < -0.3 is 5.32 Å². The zero-order valence-corrected chi connectivity index (χ0v) is 19.7. The molecule has 0 unspecified atom stereocenters. The van der Waals surface area contributed by atoms with Gasteiger partial charge in [0.1, 0.15) is 0 Å². The van der Waals surface area contributed by atoms with Crippen molar-refractivity contribution in [3.63, 3.8) is 0 Å². The molecule has 1 saturated heterocycles. The van der Waals surface area contributed by atoms with Gasteiger partial charge in [0.2, 0.25) is 10.0 Å². The summed E-state index contributed by atoms with van der Waals surface area (Å²) in [5.41, 5.74) is 2.79. The summed E-state index contributed by atoms with van der Waals surface area (Å²) in [5.74, 6) is 0.759. The van der Waals surface area contributed by atoms with Crippen LogP contribution in [-0.2, 0) is 21.9 Å². The molecule has 1 aromatic carbocycles. The fourth-order valence-corrected chi connectivity index (χ4v) is 10.1. The summed E-state index contributed by atoms with van der Waals surface area (Å²) in [6, 6.07) is 11.0. The third-order valence-electron chi connectivity index (χ3n) is 9.83. The van der Waals surface area contributed by atoms with Crippen molar-refractivity contribution in [2.45, 2.75) is 70.3 Å². The van der Waals surface area contributed by atoms with Gasteiger partial charge in [-0.25, -0.2) is 12.7 Å². The molecular formula is C25H35N3O2S. The highest BCUT2D eigenvalue weighted by molar-refractivity contribution is 7.89. The Labute approximate surface area is 187 Å². The maximum Gasteiger partial charge on any atom is 0.214 e. The average Bonchev–Trinajstić information content (AvgIpc) is 3.29. The normalized spacial score (nSPS) is 33.5. The van der Waals surface area contributed by atoms with Crippen LogP contribution in [0.5, 0.6) is 0 Å². The summed E-state index contributed by atoms with van der Waals surface area (Å²) in [5, 5.41) is 12.5. The van der Waals surface area contributed by atoms with Crippen LogP contribution in [0.25, 0.3) is 0 Å². The van der Waals surface area contributed by atoms with Crippen LogP contribution < -0.4 is 5.32 Å². The minimum atomic E-state index is -3.35. The first kappa shape index (κ1) is 21.4. The molecule has 6 heteroatoms. The number of rotatable bonds is 5. The zero-order chi connectivity index (χ0) is 21.9. The Bertz CT molecular complexity index is 1000. The smallest absolute Gasteiger partial charge is 0.214 e. The fourth-order valence-electron chi connectivity index (χ4n) is 7.77. The number of nitrogens with one attached hydrogen (secondary N) is 1. The van der Waals surface area contributed by atoms with Gasteiger partial charge in [0.25, 0.3) is 0 Å². The summed E-state index contributed by atoms with van der Waals surface area (Å²) < 4.78 is 29.2. The molecule has 0 aromatic heterocycles. The van der Waals surface area contributed by atoms with Gasteiger partial charge in [0.15, 0.2) is 0 Å². The Morgan fingerprint density at radius 3 is 2.61 bits per heavy atom. The molecule has 31 heavy (non-hydrogen) atoms. The molecule has 1 N–H and O–H groups in total. The van der Waals surface area contributed by atoms with Crippen LogP contribution in [0.1, 0.15) is 63.5 Å². The molecule has 1 heterocycles. The highest BCUT2D eigenvalue weighted by Crippen LogP contribution is 2.66. The van der Waals surface area contributed by atoms with Crippen molar-refractivity contribution < 1.29 is 8.42 Å². The Balaban J connectivity index is 1.34. The first-order chi connectivity index (χ1) is 14.7. The predicted octanol–water partition coefficient (Wildman–Crippen LogP) is 3.60. The van der Waals surface area contributed by atoms with Crippen LogP contribution in [0.15, 0.2) is 24.3 Å². The van der Waals surface area contributed by atoms with E-state index in [0.717, 1.165) is 44.9 Å². The number of nitrogens with zero attached hydrogens (tertiary/aromatic N) is 2. The molecule has 1 aliphatic heterocycles. The second-order valence-corrected chi connectivity index (χ2v) is 13.0. The Morgan fingerprint density at radius 2 is 1.90 bits per heavy atom. The number of nitriles is 1. The number of aryl methyl sites for hydroxylation is 1. The lowest BCUT2D eigenvalue weighted by molar-refractivity contribution is 0.123. The summed E-state index contributed by atoms with van der Waals surface area (Å²) in [6.07, 6.45) is 7.17. The van der Waals surface area contributed by atoms with Gasteiger partial charge >= 0.3 is 0 Å². The molecule has 4 aliphatic rings. The summed E-state index contributed by atoms with van der Waals surface area (Å²) in [7, 11) is -3.35. The van der Waals surface area contributed by atoms with Crippen LogP contribution >= 0.6 is 0 Å². The van der Waals surface area contributed by atoms with Gasteiger partial charge in [-0.15, -0.1) is 0 Å². The van der Waals surface area contributed by atoms with Crippen LogP contribution in [0.4, 0.5) is 0 Å². The molecule has 2 bridgehead atoms. The molecule has 3 aliphatic carbocycles. The average molecular weight is 442 g/mol. The number of piperidine rings is 1. The van der Waals surface area contributed by atoms with E-state index in [-0.39, 0.29) is 28.0 Å². The molecule has 0 radical (unpaired) electrons. The largest absolute Gasteiger partial charge is 0.301 e. The van der Waals surface area contributed by atoms with E-state index in [9.17, 15) is 8.42 Å². The van der Waals surface area contributed by atoms with Gasteiger partial charge in [-0.2, -0.15) is 5.26 Å². The topological polar surface area (TPSA) is 73.2 Å². The lowest BCUT2D eigenvalue weighted by Gasteiger charge is -2.45. The first-order valence-corrected chi connectivity index (χ1v) is 13.5. The second kappa shape index (κ2) is 7.30. The maximum atomic E-state index is 13.7. The summed E-state index contributed by atoms with van der Waals surface area (Å²) >= 11 is 0. The molecule has 168 valence electrons. The van der Waals surface area contributed by atoms with E-state index < -0.39 is 10.0 Å². The minimum absolute atomic E-state index is 0.0193. The van der Waals surface area contributed by atoms with E-state index in [4.69, 9.17) is 5.26 Å². The first-order valence-electron chi connectivity index (χ1n) is 11.9. The van der Waals surface area contributed by atoms with Crippen LogP contribution in [-0.4, -0.2) is 44.2 Å². The van der Waals surface area contributed by atoms with Crippen LogP contribution in [0, 0.1) is 28.1 Å². The van der Waals surface area contributed by atoms with Gasteiger partial charge in [0, 0.05) is 24.5 Å². The predicted molar refractivity (Wildman–Crippen MR) is 122 cm³/mol. The molecule has 1 spiro atoms. The molecule has 1 aromatic rings. The maximum absolute atomic E-state index is 13.7. The lowest BCUT2D eigenvalue weighted by atomic mass is 9.69. The number of fused-ring (bicyclic) bond motifs is 4. The monoisotopic (exact) mass is 441 g/mol. The van der Waals surface area contributed by atoms with Crippen LogP contribution in [0.3, 0.4) is 0 Å². The Morgan fingerprint density at radius 1 is 1.16 bits per heavy atom. The highest BCUT2D eigenvalue weighted by Gasteiger charge is 2.65. The Hall–Kier alpha value is -1.42. The summed E-state index contributed by atoms with van der Waals surface area (Å²) in [6.45, 7) is 6.07. The molecule has 5 nitrogen and oxygen atoms in total. The molecule has 0 amide bonds. The van der Waals surface area contributed by atoms with Gasteiger partial charge in [-0.1, -0.05) is 38.1 Å². The highest BCUT2D eigenvalue weighted by atomic mass is 32.2. The van der Waals surface area contributed by atoms with Crippen molar-refractivity contribution in [2.75, 3.05) is 25.4 Å². The molecule has 3 atom stereocenters. The molecule has 3 fully saturated rings. The van der Waals surface area contributed by atoms with Crippen molar-refractivity contribution in [3.05, 3.63) is 35.4 Å². The van der Waals surface area contributed by atoms with E-state index in [1.54, 1.807) is 4.31 Å². The van der Waals surface area contributed by atoms with Crippen molar-refractivity contribution in [1.29, 1.82) is 5.26 Å². The standard InChI is InChI=1S/C25H35N3O2S/c1-23(2)20-8-10-25(23,22(17-20)27-14-13-26)18-31(29,30)28-15-11-24(12-16-28)9-7-19-5-3-4-6-21(19)24/h3-6,20,22,27H,7-12,14-18H2,1-2H3/t20-,22+,25-/m1/s1. The van der Waals surface area contributed by atoms with E-state index in [2.05, 4.69) is 49.5 Å². The van der Waals surface area contributed by atoms with Crippen molar-refractivity contribution >= 4 is 10.0 Å². The van der Waals surface area contributed by atoms with Crippen molar-refractivity contribution in [3.8, 4) is 6.07 Å². The minimum Gasteiger partial charge on any atom is -0.301 e. The molecule has 5 rings (SSSR count).